The number of rotatable bonds is 5. The van der Waals surface area contributed by atoms with Gasteiger partial charge in [-0.2, -0.15) is 0 Å². The average Bonchev–Trinajstić information content (AvgIpc) is 2.45. The van der Waals surface area contributed by atoms with Crippen molar-refractivity contribution in [3.63, 3.8) is 0 Å². The fraction of sp³-hybridized carbons (Fsp3) is 0.625. The molecule has 0 aromatic heterocycles. The van der Waals surface area contributed by atoms with Gasteiger partial charge in [0.15, 0.2) is 0 Å². The maximum absolute atomic E-state index is 11.0. The molecule has 1 aromatic carbocycles. The molecule has 2 unspecified atom stereocenters. The summed E-state index contributed by atoms with van der Waals surface area (Å²) in [5.74, 6) is 0.809. The molecule has 0 amide bonds. The molecule has 2 atom stereocenters. The molecule has 1 heterocycles. The molecule has 1 aromatic rings. The lowest BCUT2D eigenvalue weighted by Crippen LogP contribution is -2.38. The predicted octanol–water partition coefficient (Wildman–Crippen LogP) is 3.25. The van der Waals surface area contributed by atoms with Crippen molar-refractivity contribution < 1.29 is 14.6 Å². The number of hydrogen-bond donors (Lipinski definition) is 1. The highest BCUT2D eigenvalue weighted by atomic mass is 16.5. The second kappa shape index (κ2) is 6.40. The van der Waals surface area contributed by atoms with Gasteiger partial charge in [0.25, 0.3) is 0 Å². The van der Waals surface area contributed by atoms with Crippen molar-refractivity contribution in [2.75, 3.05) is 13.2 Å². The van der Waals surface area contributed by atoms with Crippen molar-refractivity contribution in [3.8, 4) is 5.75 Å². The first-order chi connectivity index (χ1) is 9.19. The molecule has 106 valence electrons. The Morgan fingerprint density at radius 1 is 1.37 bits per heavy atom. The molecule has 1 aliphatic heterocycles. The summed E-state index contributed by atoms with van der Waals surface area (Å²) in [6.45, 7) is 5.46. The molecule has 1 saturated heterocycles. The van der Waals surface area contributed by atoms with Gasteiger partial charge in [-0.25, -0.2) is 0 Å². The zero-order valence-electron chi connectivity index (χ0n) is 11.9. The van der Waals surface area contributed by atoms with Crippen molar-refractivity contribution >= 4 is 0 Å². The van der Waals surface area contributed by atoms with E-state index in [1.807, 2.05) is 24.3 Å². The van der Waals surface area contributed by atoms with E-state index in [0.717, 1.165) is 24.2 Å². The molecule has 1 N–H and O–H groups in total. The van der Waals surface area contributed by atoms with Crippen LogP contribution in [0.2, 0.25) is 0 Å². The highest BCUT2D eigenvalue weighted by molar-refractivity contribution is 5.38. The first-order valence-electron chi connectivity index (χ1n) is 7.26. The van der Waals surface area contributed by atoms with Gasteiger partial charge in [0, 0.05) is 18.4 Å². The van der Waals surface area contributed by atoms with Crippen molar-refractivity contribution in [2.45, 2.75) is 51.2 Å². The van der Waals surface area contributed by atoms with Crippen LogP contribution < -0.4 is 4.74 Å². The van der Waals surface area contributed by atoms with E-state index in [4.69, 9.17) is 9.47 Å². The van der Waals surface area contributed by atoms with E-state index in [9.17, 15) is 5.11 Å². The highest BCUT2D eigenvalue weighted by Crippen LogP contribution is 2.39. The average molecular weight is 264 g/mol. The summed E-state index contributed by atoms with van der Waals surface area (Å²) in [6.07, 6.45) is 3.32. The molecule has 2 rings (SSSR count). The lowest BCUT2D eigenvalue weighted by atomic mass is 9.82. The van der Waals surface area contributed by atoms with Crippen LogP contribution >= 0.6 is 0 Å². The van der Waals surface area contributed by atoms with Gasteiger partial charge in [-0.15, -0.1) is 0 Å². The second-order valence-electron chi connectivity index (χ2n) is 5.23. The summed E-state index contributed by atoms with van der Waals surface area (Å²) >= 11 is 0. The van der Waals surface area contributed by atoms with E-state index in [-0.39, 0.29) is 6.10 Å². The third kappa shape index (κ3) is 3.28. The summed E-state index contributed by atoms with van der Waals surface area (Å²) in [7, 11) is 0. The third-order valence-corrected chi connectivity index (χ3v) is 3.74. The van der Waals surface area contributed by atoms with Crippen LogP contribution in [0.3, 0.4) is 0 Å². The van der Waals surface area contributed by atoms with E-state index in [2.05, 4.69) is 13.8 Å². The zero-order valence-corrected chi connectivity index (χ0v) is 11.9. The van der Waals surface area contributed by atoms with E-state index < -0.39 is 5.60 Å². The van der Waals surface area contributed by atoms with Crippen LogP contribution in [0.15, 0.2) is 24.3 Å². The van der Waals surface area contributed by atoms with Crippen LogP contribution in [-0.2, 0) is 10.3 Å². The quantitative estimate of drug-likeness (QED) is 0.887. The van der Waals surface area contributed by atoms with Crippen LogP contribution in [0.4, 0.5) is 0 Å². The highest BCUT2D eigenvalue weighted by Gasteiger charge is 2.37. The van der Waals surface area contributed by atoms with E-state index in [1.54, 1.807) is 0 Å². The number of benzene rings is 1. The lowest BCUT2D eigenvalue weighted by Gasteiger charge is -2.37. The van der Waals surface area contributed by atoms with Crippen molar-refractivity contribution in [2.24, 2.45) is 0 Å². The van der Waals surface area contributed by atoms with E-state index in [0.29, 0.717) is 26.1 Å². The first-order valence-corrected chi connectivity index (χ1v) is 7.26. The Hall–Kier alpha value is -1.06. The van der Waals surface area contributed by atoms with Crippen LogP contribution in [0.25, 0.3) is 0 Å². The molecule has 1 aliphatic rings. The van der Waals surface area contributed by atoms with Gasteiger partial charge < -0.3 is 14.6 Å². The predicted molar refractivity (Wildman–Crippen MR) is 75.4 cm³/mol. The standard InChI is InChI=1S/C16H24O3/c1-3-10-19-15-8-6-5-7-14(15)16(17)9-11-18-13(4-2)12-16/h5-8,13,17H,3-4,9-12H2,1-2H3. The van der Waals surface area contributed by atoms with Crippen molar-refractivity contribution in [1.29, 1.82) is 0 Å². The second-order valence-corrected chi connectivity index (χ2v) is 5.23. The molecule has 19 heavy (non-hydrogen) atoms. The van der Waals surface area contributed by atoms with Crippen molar-refractivity contribution in [1.82, 2.24) is 0 Å². The summed E-state index contributed by atoms with van der Waals surface area (Å²) < 4.78 is 11.4. The number of para-hydroxylation sites is 1. The summed E-state index contributed by atoms with van der Waals surface area (Å²) in [6, 6.07) is 7.83. The molecule has 0 radical (unpaired) electrons. The smallest absolute Gasteiger partial charge is 0.125 e. The topological polar surface area (TPSA) is 38.7 Å². The van der Waals surface area contributed by atoms with Crippen LogP contribution in [0, 0.1) is 0 Å². The van der Waals surface area contributed by atoms with Gasteiger partial charge in [-0.05, 0) is 18.9 Å². The van der Waals surface area contributed by atoms with Gasteiger partial charge in [0.05, 0.1) is 24.9 Å². The summed E-state index contributed by atoms with van der Waals surface area (Å²) in [4.78, 5) is 0. The normalized spacial score (nSPS) is 27.2. The largest absolute Gasteiger partial charge is 0.493 e. The SMILES string of the molecule is CCCOc1ccccc1C1(O)CCOC(CC)C1. The summed E-state index contributed by atoms with van der Waals surface area (Å²) in [5.41, 5.74) is 0.0914. The molecular weight excluding hydrogens is 240 g/mol. The van der Waals surface area contributed by atoms with Crippen LogP contribution in [-0.4, -0.2) is 24.4 Å². The zero-order chi connectivity index (χ0) is 13.7. The maximum atomic E-state index is 11.0. The molecule has 0 spiro atoms. The molecule has 0 aliphatic carbocycles. The minimum Gasteiger partial charge on any atom is -0.493 e. The van der Waals surface area contributed by atoms with Crippen molar-refractivity contribution in [3.05, 3.63) is 29.8 Å². The number of ether oxygens (including phenoxy) is 2. The molecule has 0 bridgehead atoms. The Bertz CT molecular complexity index is 405. The van der Waals surface area contributed by atoms with Gasteiger partial charge in [0.1, 0.15) is 5.75 Å². The van der Waals surface area contributed by atoms with E-state index in [1.165, 1.54) is 0 Å². The Balaban J connectivity index is 2.23. The first kappa shape index (κ1) is 14.4. The number of aliphatic hydroxyl groups is 1. The van der Waals surface area contributed by atoms with Gasteiger partial charge in [-0.1, -0.05) is 32.0 Å². The fourth-order valence-electron chi connectivity index (χ4n) is 2.63. The Labute approximate surface area is 115 Å². The minimum absolute atomic E-state index is 0.137. The molecule has 3 heteroatoms. The molecule has 1 fully saturated rings. The monoisotopic (exact) mass is 264 g/mol. The van der Waals surface area contributed by atoms with Gasteiger partial charge >= 0.3 is 0 Å². The Morgan fingerprint density at radius 3 is 2.89 bits per heavy atom. The maximum Gasteiger partial charge on any atom is 0.125 e. The van der Waals surface area contributed by atoms with E-state index >= 15 is 0 Å². The molecular formula is C16H24O3. The van der Waals surface area contributed by atoms with Crippen LogP contribution in [0.5, 0.6) is 5.75 Å². The number of hydrogen-bond acceptors (Lipinski definition) is 3. The van der Waals surface area contributed by atoms with Crippen LogP contribution in [0.1, 0.15) is 45.1 Å². The molecule has 3 nitrogen and oxygen atoms in total. The third-order valence-electron chi connectivity index (χ3n) is 3.74. The summed E-state index contributed by atoms with van der Waals surface area (Å²) in [5, 5.41) is 11.0. The lowest BCUT2D eigenvalue weighted by molar-refractivity contribution is -0.109. The Kier molecular flexibility index (Phi) is 4.83. The molecule has 0 saturated carbocycles. The minimum atomic E-state index is -0.816. The Morgan fingerprint density at radius 2 is 2.16 bits per heavy atom. The van der Waals surface area contributed by atoms with Gasteiger partial charge in [-0.3, -0.25) is 0 Å². The van der Waals surface area contributed by atoms with Gasteiger partial charge in [0.2, 0.25) is 0 Å². The fourth-order valence-corrected chi connectivity index (χ4v) is 2.63.